The van der Waals surface area contributed by atoms with Gasteiger partial charge in [0.05, 0.1) is 0 Å². The number of hydrogen-bond donors (Lipinski definition) is 1. The van der Waals surface area contributed by atoms with Crippen LogP contribution in [0.5, 0.6) is 0 Å². The highest BCUT2D eigenvalue weighted by molar-refractivity contribution is 6.19. The number of allylic oxidation sites excluding steroid dienone is 1. The van der Waals surface area contributed by atoms with E-state index in [1.54, 1.807) is 0 Å². The average molecular weight is 142 g/mol. The lowest BCUT2D eigenvalue weighted by Gasteiger charge is -1.57. The van der Waals surface area contributed by atoms with E-state index in [0.717, 1.165) is 0 Å². The van der Waals surface area contributed by atoms with Crippen LogP contribution < -0.4 is 0 Å². The zero-order valence-corrected chi connectivity index (χ0v) is 5.10. The molecule has 0 saturated carbocycles. The van der Waals surface area contributed by atoms with Gasteiger partial charge in [-0.25, -0.2) is 4.79 Å². The van der Waals surface area contributed by atoms with Crippen molar-refractivity contribution in [3.63, 3.8) is 0 Å². The first-order valence-electron chi connectivity index (χ1n) is 2.15. The van der Waals surface area contributed by atoms with Gasteiger partial charge in [-0.1, -0.05) is 6.58 Å². The van der Waals surface area contributed by atoms with Crippen LogP contribution in [-0.2, 0) is 9.59 Å². The fourth-order valence-corrected chi connectivity index (χ4v) is 0.0494. The second-order valence-electron chi connectivity index (χ2n) is 0.955. The maximum absolute atomic E-state index is 9.29. The van der Waals surface area contributed by atoms with Crippen molar-refractivity contribution in [3.05, 3.63) is 18.2 Å². The predicted molar refractivity (Wildman–Crippen MR) is 33.6 cm³/mol. The van der Waals surface area contributed by atoms with Gasteiger partial charge in [0.2, 0.25) is 0 Å². The smallest absolute Gasteiger partial charge is 0.411 e. The second-order valence-corrected chi connectivity index (χ2v) is 0.955. The molecule has 0 unspecified atom stereocenters. The van der Waals surface area contributed by atoms with Gasteiger partial charge in [-0.3, -0.25) is 4.79 Å². The van der Waals surface area contributed by atoms with Crippen molar-refractivity contribution in [2.45, 2.75) is 0 Å². The minimum absolute atomic E-state index is 0.389. The zero-order chi connectivity index (χ0) is 8.41. The van der Waals surface area contributed by atoms with Crippen LogP contribution in [0.4, 0.5) is 0 Å². The summed E-state index contributed by atoms with van der Waals surface area (Å²) in [7, 11) is 0. The van der Waals surface area contributed by atoms with Gasteiger partial charge in [0, 0.05) is 0 Å². The predicted octanol–water partition coefficient (Wildman–Crippen LogP) is -0.257. The Balaban J connectivity index is 0. The first-order chi connectivity index (χ1) is 4.68. The van der Waals surface area contributed by atoms with Crippen molar-refractivity contribution in [1.29, 1.82) is 0 Å². The SMILES string of the molecule is C=CC=O.[N-]=[N+]=CC(=O)O. The highest BCUT2D eigenvalue weighted by atomic mass is 16.4. The van der Waals surface area contributed by atoms with Crippen molar-refractivity contribution in [2.75, 3.05) is 0 Å². The van der Waals surface area contributed by atoms with E-state index < -0.39 is 5.97 Å². The molecule has 5 heteroatoms. The number of carboxylic acids is 1. The van der Waals surface area contributed by atoms with Gasteiger partial charge >= 0.3 is 12.2 Å². The summed E-state index contributed by atoms with van der Waals surface area (Å²) in [5.41, 5.74) is 7.43. The number of aliphatic carboxylic acids is 1. The Morgan fingerprint density at radius 1 is 1.70 bits per heavy atom. The van der Waals surface area contributed by atoms with Gasteiger partial charge < -0.3 is 10.6 Å². The molecule has 0 aromatic heterocycles. The number of rotatable bonds is 2. The lowest BCUT2D eigenvalue weighted by molar-refractivity contribution is -0.132. The van der Waals surface area contributed by atoms with Crippen molar-refractivity contribution in [2.24, 2.45) is 0 Å². The Bertz CT molecular complexity index is 164. The first-order valence-corrected chi connectivity index (χ1v) is 2.15. The van der Waals surface area contributed by atoms with Crippen LogP contribution >= 0.6 is 0 Å². The Kier molecular flexibility index (Phi) is 11.4. The molecule has 0 rings (SSSR count). The van der Waals surface area contributed by atoms with E-state index in [1.807, 2.05) is 0 Å². The lowest BCUT2D eigenvalue weighted by atomic mass is 10.8. The summed E-state index contributed by atoms with van der Waals surface area (Å²) in [5, 5.41) is 7.60. The van der Waals surface area contributed by atoms with Crippen LogP contribution in [0.25, 0.3) is 5.53 Å². The van der Waals surface area contributed by atoms with Crippen molar-refractivity contribution < 1.29 is 19.5 Å². The number of hydrogen-bond acceptors (Lipinski definition) is 2. The van der Waals surface area contributed by atoms with E-state index in [0.29, 0.717) is 12.5 Å². The maximum atomic E-state index is 9.29. The van der Waals surface area contributed by atoms with Crippen LogP contribution in [0.1, 0.15) is 0 Å². The molecule has 5 nitrogen and oxygen atoms in total. The third-order valence-electron chi connectivity index (χ3n) is 0.264. The summed E-state index contributed by atoms with van der Waals surface area (Å²) in [4.78, 5) is 20.6. The molecule has 0 heterocycles. The van der Waals surface area contributed by atoms with Gasteiger partial charge in [-0.05, 0) is 6.08 Å². The van der Waals surface area contributed by atoms with Crippen LogP contribution in [0, 0.1) is 0 Å². The molecule has 0 aliphatic heterocycles. The fourth-order valence-electron chi connectivity index (χ4n) is 0.0494. The zero-order valence-electron chi connectivity index (χ0n) is 5.10. The molecule has 1 N–H and O–H groups in total. The summed E-state index contributed by atoms with van der Waals surface area (Å²) < 4.78 is 0. The summed E-state index contributed by atoms with van der Waals surface area (Å²) in [6.07, 6.45) is 2.22. The van der Waals surface area contributed by atoms with Gasteiger partial charge in [0.1, 0.15) is 6.29 Å². The third-order valence-corrected chi connectivity index (χ3v) is 0.264. The molecule has 0 amide bonds. The normalized spacial score (nSPS) is 5.60. The van der Waals surface area contributed by atoms with Gasteiger partial charge in [-0.2, -0.15) is 4.79 Å². The van der Waals surface area contributed by atoms with Crippen molar-refractivity contribution in [3.8, 4) is 0 Å². The molecule has 10 heavy (non-hydrogen) atoms. The van der Waals surface area contributed by atoms with E-state index in [4.69, 9.17) is 15.4 Å². The molecule has 0 spiro atoms. The standard InChI is InChI=1S/C3H4O.C2H2N2O2/c1-2-3-4;3-4-1-2(5)6/h2-3H,1H2;1H,(H,5,6). The summed E-state index contributed by atoms with van der Waals surface area (Å²) in [6, 6.07) is 0. The minimum Gasteiger partial charge on any atom is -0.473 e. The quantitative estimate of drug-likeness (QED) is 0.189. The molecule has 54 valence electrons. The van der Waals surface area contributed by atoms with E-state index in [1.165, 1.54) is 6.08 Å². The highest BCUT2D eigenvalue weighted by Crippen LogP contribution is 1.41. The fraction of sp³-hybridized carbons (Fsp3) is 0. The highest BCUT2D eigenvalue weighted by Gasteiger charge is 1.88. The lowest BCUT2D eigenvalue weighted by Crippen LogP contribution is -1.94. The molecule has 0 aliphatic carbocycles. The van der Waals surface area contributed by atoms with Crippen LogP contribution in [-0.4, -0.2) is 28.4 Å². The van der Waals surface area contributed by atoms with E-state index >= 15 is 0 Å². The van der Waals surface area contributed by atoms with Crippen LogP contribution in [0.3, 0.4) is 0 Å². The largest absolute Gasteiger partial charge is 0.473 e. The monoisotopic (exact) mass is 142 g/mol. The van der Waals surface area contributed by atoms with Crippen molar-refractivity contribution >= 4 is 18.5 Å². The number of aldehydes is 1. The number of carboxylic acid groups (broad SMARTS) is 1. The maximum Gasteiger partial charge on any atom is 0.411 e. The second kappa shape index (κ2) is 10.3. The Morgan fingerprint density at radius 3 is 2.10 bits per heavy atom. The molecule has 0 atom stereocenters. The number of carbonyl (C=O) groups excluding carboxylic acids is 1. The third kappa shape index (κ3) is 33.9. The van der Waals surface area contributed by atoms with E-state index in [-0.39, 0.29) is 0 Å². The molecule has 0 bridgehead atoms. The molecular weight excluding hydrogens is 136 g/mol. The van der Waals surface area contributed by atoms with Gasteiger partial charge in [0.25, 0.3) is 0 Å². The first kappa shape index (κ1) is 11.1. The molecule has 0 aromatic carbocycles. The minimum atomic E-state index is -1.25. The molecule has 0 aromatic rings. The Hall–Kier alpha value is -1.74. The number of carbonyl (C=O) groups is 2. The number of nitrogens with zero attached hydrogens (tertiary/aromatic N) is 2. The van der Waals surface area contributed by atoms with Crippen molar-refractivity contribution in [1.82, 2.24) is 0 Å². The molecule has 0 radical (unpaired) electrons. The molecular formula is C5H6N2O3. The summed E-state index contributed by atoms with van der Waals surface area (Å²) in [6.45, 7) is 3.11. The van der Waals surface area contributed by atoms with Gasteiger partial charge in [-0.15, -0.1) is 0 Å². The summed E-state index contributed by atoms with van der Waals surface area (Å²) >= 11 is 0. The van der Waals surface area contributed by atoms with E-state index in [2.05, 4.69) is 11.4 Å². The van der Waals surface area contributed by atoms with E-state index in [9.17, 15) is 4.79 Å². The average Bonchev–Trinajstić information content (AvgIpc) is 1.89. The topological polar surface area (TPSA) is 90.8 Å². The molecule has 0 aliphatic rings. The Labute approximate surface area is 57.2 Å². The summed E-state index contributed by atoms with van der Waals surface area (Å²) in [5.74, 6) is -1.25. The Morgan fingerprint density at radius 2 is 2.10 bits per heavy atom. The van der Waals surface area contributed by atoms with Gasteiger partial charge in [0.15, 0.2) is 0 Å². The molecule has 0 saturated heterocycles. The van der Waals surface area contributed by atoms with Crippen LogP contribution in [0.2, 0.25) is 0 Å². The van der Waals surface area contributed by atoms with Crippen LogP contribution in [0.15, 0.2) is 12.7 Å². The molecule has 0 fully saturated rings.